The summed E-state index contributed by atoms with van der Waals surface area (Å²) in [4.78, 5) is 8.81. The van der Waals surface area contributed by atoms with Crippen LogP contribution in [0.3, 0.4) is 0 Å². The second kappa shape index (κ2) is 5.07. The molecule has 0 amide bonds. The summed E-state index contributed by atoms with van der Waals surface area (Å²) < 4.78 is 1.87. The van der Waals surface area contributed by atoms with Gasteiger partial charge in [-0.15, -0.1) is 10.2 Å². The highest BCUT2D eigenvalue weighted by Crippen LogP contribution is 2.23. The van der Waals surface area contributed by atoms with E-state index in [0.29, 0.717) is 17.5 Å². The molecule has 2 rings (SSSR count). The number of nitrogens with zero attached hydrogens (tertiary/aromatic N) is 5. The third kappa shape index (κ3) is 3.04. The van der Waals surface area contributed by atoms with E-state index in [0.717, 1.165) is 5.82 Å². The fourth-order valence-corrected chi connectivity index (χ4v) is 1.85. The fourth-order valence-electron chi connectivity index (χ4n) is 1.85. The summed E-state index contributed by atoms with van der Waals surface area (Å²) in [7, 11) is 1.91. The maximum atomic E-state index is 5.86. The zero-order valence-corrected chi connectivity index (χ0v) is 12.5. The molecule has 7 heteroatoms. The van der Waals surface area contributed by atoms with Gasteiger partial charge in [0.2, 0.25) is 0 Å². The van der Waals surface area contributed by atoms with Crippen molar-refractivity contribution in [1.82, 2.24) is 24.7 Å². The van der Waals surface area contributed by atoms with Crippen LogP contribution in [0.25, 0.3) is 0 Å². The van der Waals surface area contributed by atoms with Crippen LogP contribution in [0.15, 0.2) is 12.4 Å². The first-order chi connectivity index (χ1) is 9.27. The molecule has 3 N–H and O–H groups in total. The summed E-state index contributed by atoms with van der Waals surface area (Å²) in [5, 5.41) is 11.2. The summed E-state index contributed by atoms with van der Waals surface area (Å²) in [6.45, 7) is 8.16. The van der Waals surface area contributed by atoms with E-state index in [-0.39, 0.29) is 11.5 Å². The van der Waals surface area contributed by atoms with Crippen LogP contribution in [0.2, 0.25) is 0 Å². The van der Waals surface area contributed by atoms with Gasteiger partial charge in [0.25, 0.3) is 0 Å². The maximum absolute atomic E-state index is 5.86. The number of nitrogens with one attached hydrogen (secondary N) is 1. The quantitative estimate of drug-likeness (QED) is 0.884. The van der Waals surface area contributed by atoms with Crippen molar-refractivity contribution in [3.63, 3.8) is 0 Å². The number of aromatic nitrogens is 5. The van der Waals surface area contributed by atoms with E-state index >= 15 is 0 Å². The molecule has 0 saturated heterocycles. The van der Waals surface area contributed by atoms with Crippen molar-refractivity contribution in [2.24, 2.45) is 7.05 Å². The van der Waals surface area contributed by atoms with Crippen molar-refractivity contribution in [3.05, 3.63) is 24.0 Å². The number of rotatable bonds is 3. The molecule has 1 unspecified atom stereocenters. The first-order valence-corrected chi connectivity index (χ1v) is 6.53. The van der Waals surface area contributed by atoms with Crippen LogP contribution in [0.1, 0.15) is 45.4 Å². The van der Waals surface area contributed by atoms with Crippen molar-refractivity contribution in [1.29, 1.82) is 0 Å². The Balaban J connectivity index is 2.26. The van der Waals surface area contributed by atoms with Crippen molar-refractivity contribution in [3.8, 4) is 0 Å². The topological polar surface area (TPSA) is 94.5 Å². The minimum absolute atomic E-state index is 0.0235. The SMILES string of the molecule is CC(Nc1cc(N)nc(C(C)(C)C)n1)c1nncn1C. The van der Waals surface area contributed by atoms with Crippen LogP contribution in [0.5, 0.6) is 0 Å². The molecule has 2 heterocycles. The molecular formula is C13H21N7. The van der Waals surface area contributed by atoms with Gasteiger partial charge in [-0.25, -0.2) is 9.97 Å². The summed E-state index contributed by atoms with van der Waals surface area (Å²) in [5.41, 5.74) is 5.70. The Morgan fingerprint density at radius 3 is 2.55 bits per heavy atom. The highest BCUT2D eigenvalue weighted by molar-refractivity contribution is 5.46. The van der Waals surface area contributed by atoms with Gasteiger partial charge in [0.05, 0.1) is 6.04 Å². The summed E-state index contributed by atoms with van der Waals surface area (Å²) in [6, 6.07) is 1.70. The Kier molecular flexibility index (Phi) is 3.61. The summed E-state index contributed by atoms with van der Waals surface area (Å²) >= 11 is 0. The number of hydrogen-bond acceptors (Lipinski definition) is 6. The third-order valence-electron chi connectivity index (χ3n) is 2.91. The molecule has 0 spiro atoms. The van der Waals surface area contributed by atoms with Gasteiger partial charge in [-0.05, 0) is 6.92 Å². The fraction of sp³-hybridized carbons (Fsp3) is 0.538. The van der Waals surface area contributed by atoms with Gasteiger partial charge in [0.15, 0.2) is 5.82 Å². The molecular weight excluding hydrogens is 254 g/mol. The van der Waals surface area contributed by atoms with Gasteiger partial charge in [0, 0.05) is 18.5 Å². The van der Waals surface area contributed by atoms with Crippen molar-refractivity contribution >= 4 is 11.6 Å². The molecule has 0 saturated carbocycles. The van der Waals surface area contributed by atoms with E-state index in [1.807, 2.05) is 18.5 Å². The lowest BCUT2D eigenvalue weighted by atomic mass is 9.96. The van der Waals surface area contributed by atoms with E-state index < -0.39 is 0 Å². The molecule has 2 aromatic heterocycles. The lowest BCUT2D eigenvalue weighted by molar-refractivity contribution is 0.546. The van der Waals surface area contributed by atoms with Gasteiger partial charge in [-0.2, -0.15) is 0 Å². The van der Waals surface area contributed by atoms with Crippen LogP contribution in [-0.2, 0) is 12.5 Å². The molecule has 0 radical (unpaired) electrons. The minimum Gasteiger partial charge on any atom is -0.384 e. The van der Waals surface area contributed by atoms with Crippen LogP contribution < -0.4 is 11.1 Å². The van der Waals surface area contributed by atoms with Crippen molar-refractivity contribution in [2.75, 3.05) is 11.1 Å². The highest BCUT2D eigenvalue weighted by Gasteiger charge is 2.19. The normalized spacial score (nSPS) is 13.2. The average Bonchev–Trinajstić information content (AvgIpc) is 2.73. The number of nitrogens with two attached hydrogens (primary N) is 1. The molecule has 0 aliphatic heterocycles. The number of hydrogen-bond donors (Lipinski definition) is 2. The second-order valence-corrected chi connectivity index (χ2v) is 5.92. The van der Waals surface area contributed by atoms with Crippen LogP contribution in [0.4, 0.5) is 11.6 Å². The first-order valence-electron chi connectivity index (χ1n) is 6.53. The molecule has 2 aromatic rings. The summed E-state index contributed by atoms with van der Waals surface area (Å²) in [6.07, 6.45) is 1.67. The Hall–Kier alpha value is -2.18. The monoisotopic (exact) mass is 275 g/mol. The van der Waals surface area contributed by atoms with E-state index in [9.17, 15) is 0 Å². The zero-order chi connectivity index (χ0) is 14.9. The molecule has 0 bridgehead atoms. The largest absolute Gasteiger partial charge is 0.384 e. The van der Waals surface area contributed by atoms with Crippen LogP contribution in [-0.4, -0.2) is 24.7 Å². The van der Waals surface area contributed by atoms with Crippen molar-refractivity contribution < 1.29 is 0 Å². The zero-order valence-electron chi connectivity index (χ0n) is 12.5. The minimum atomic E-state index is -0.153. The van der Waals surface area contributed by atoms with E-state index in [1.54, 1.807) is 12.4 Å². The Bertz CT molecular complexity index is 597. The average molecular weight is 275 g/mol. The Labute approximate surface area is 118 Å². The molecule has 0 fully saturated rings. The van der Waals surface area contributed by atoms with E-state index in [1.165, 1.54) is 0 Å². The lowest BCUT2D eigenvalue weighted by Crippen LogP contribution is -2.19. The van der Waals surface area contributed by atoms with Crippen LogP contribution >= 0.6 is 0 Å². The van der Waals surface area contributed by atoms with Gasteiger partial charge >= 0.3 is 0 Å². The third-order valence-corrected chi connectivity index (χ3v) is 2.91. The molecule has 0 aliphatic carbocycles. The second-order valence-electron chi connectivity index (χ2n) is 5.92. The molecule has 0 aliphatic rings. The Morgan fingerprint density at radius 1 is 1.30 bits per heavy atom. The molecule has 0 aromatic carbocycles. The predicted molar refractivity (Wildman–Crippen MR) is 78.2 cm³/mol. The highest BCUT2D eigenvalue weighted by atomic mass is 15.3. The molecule has 1 atom stereocenters. The maximum Gasteiger partial charge on any atom is 0.154 e. The number of nitrogen functional groups attached to an aromatic ring is 1. The van der Waals surface area contributed by atoms with Gasteiger partial charge in [-0.1, -0.05) is 20.8 Å². The predicted octanol–water partition coefficient (Wildman–Crippen LogP) is 1.66. The van der Waals surface area contributed by atoms with Crippen molar-refractivity contribution in [2.45, 2.75) is 39.2 Å². The molecule has 7 nitrogen and oxygen atoms in total. The number of anilines is 2. The van der Waals surface area contributed by atoms with E-state index in [4.69, 9.17) is 5.73 Å². The summed E-state index contributed by atoms with van der Waals surface area (Å²) in [5.74, 6) is 2.69. The lowest BCUT2D eigenvalue weighted by Gasteiger charge is -2.19. The van der Waals surface area contributed by atoms with Gasteiger partial charge < -0.3 is 15.6 Å². The van der Waals surface area contributed by atoms with Crippen LogP contribution in [0, 0.1) is 0 Å². The first kappa shape index (κ1) is 14.2. The molecule has 108 valence electrons. The van der Waals surface area contributed by atoms with E-state index in [2.05, 4.69) is 46.3 Å². The smallest absolute Gasteiger partial charge is 0.154 e. The number of aryl methyl sites for hydroxylation is 1. The molecule has 20 heavy (non-hydrogen) atoms. The van der Waals surface area contributed by atoms with Gasteiger partial charge in [-0.3, -0.25) is 0 Å². The Morgan fingerprint density at radius 2 is 2.00 bits per heavy atom. The van der Waals surface area contributed by atoms with Gasteiger partial charge in [0.1, 0.15) is 23.8 Å². The standard InChI is InChI=1S/C13H21N7/c1-8(11-19-15-7-20(11)5)16-10-6-9(14)17-12(18-10)13(2,3)4/h6-8H,1-5H3,(H3,14,16,17,18).